The van der Waals surface area contributed by atoms with Crippen molar-refractivity contribution in [2.24, 2.45) is 0 Å². The van der Waals surface area contributed by atoms with Crippen LogP contribution in [0.25, 0.3) is 0 Å². The number of halogens is 4. The number of hydrogen-bond acceptors (Lipinski definition) is 3. The quantitative estimate of drug-likeness (QED) is 0.642. The Kier molecular flexibility index (Phi) is 4.46. The highest BCUT2D eigenvalue weighted by Crippen LogP contribution is 2.22. The minimum Gasteiger partial charge on any atom is -0.369 e. The van der Waals surface area contributed by atoms with Gasteiger partial charge in [-0.3, -0.25) is 4.79 Å². The van der Waals surface area contributed by atoms with Crippen molar-refractivity contribution < 1.29 is 22.4 Å². The molecule has 1 atom stereocenters. The molecule has 100 valence electrons. The van der Waals surface area contributed by atoms with Gasteiger partial charge in [0.05, 0.1) is 0 Å². The number of hydrogen-bond donors (Lipinski definition) is 2. The second-order valence-corrected chi connectivity index (χ2v) is 3.46. The third kappa shape index (κ3) is 2.88. The number of rotatable bonds is 4. The van der Waals surface area contributed by atoms with Crippen molar-refractivity contribution in [3.8, 4) is 0 Å². The topological polar surface area (TPSA) is 54.0 Å². The van der Waals surface area contributed by atoms with Crippen LogP contribution in [0.5, 0.6) is 0 Å². The molecule has 0 saturated carbocycles. The Labute approximate surface area is 100 Å². The number of anilines is 1. The fourth-order valence-corrected chi connectivity index (χ4v) is 1.22. The van der Waals surface area contributed by atoms with Gasteiger partial charge in [0, 0.05) is 6.54 Å². The van der Waals surface area contributed by atoms with Gasteiger partial charge in [-0.15, -0.1) is 0 Å². The second-order valence-electron chi connectivity index (χ2n) is 3.46. The largest absolute Gasteiger partial charge is 0.369 e. The molecule has 8 heteroatoms. The van der Waals surface area contributed by atoms with E-state index in [1.54, 1.807) is 6.92 Å². The van der Waals surface area contributed by atoms with Crippen molar-refractivity contribution in [1.29, 1.82) is 0 Å². The molecule has 4 nitrogen and oxygen atoms in total. The number of carbonyl (C=O) groups excluding carboxylic acids is 1. The second kappa shape index (κ2) is 5.65. The molecule has 1 aromatic rings. The van der Waals surface area contributed by atoms with Crippen molar-refractivity contribution in [2.75, 3.05) is 11.9 Å². The van der Waals surface area contributed by atoms with Crippen LogP contribution >= 0.6 is 0 Å². The molecule has 0 aliphatic heterocycles. The van der Waals surface area contributed by atoms with Gasteiger partial charge in [0.25, 0.3) is 11.9 Å². The van der Waals surface area contributed by atoms with Crippen LogP contribution in [0.4, 0.5) is 23.2 Å². The standard InChI is InChI=1S/C10H11F4N3O/c1-3-15-10(18)4(2)16-7-5(11)8(13)17-9(14)6(7)12/h4H,3H2,1-2H3,(H,15,18)(H,16,17). The average molecular weight is 265 g/mol. The third-order valence-corrected chi connectivity index (χ3v) is 2.10. The van der Waals surface area contributed by atoms with Gasteiger partial charge in [-0.2, -0.15) is 22.5 Å². The van der Waals surface area contributed by atoms with E-state index in [9.17, 15) is 22.4 Å². The van der Waals surface area contributed by atoms with E-state index < -0.39 is 41.2 Å². The monoisotopic (exact) mass is 265 g/mol. The van der Waals surface area contributed by atoms with E-state index in [0.717, 1.165) is 0 Å². The lowest BCUT2D eigenvalue weighted by atomic mass is 10.2. The molecule has 18 heavy (non-hydrogen) atoms. The summed E-state index contributed by atoms with van der Waals surface area (Å²) in [4.78, 5) is 13.7. The number of carbonyl (C=O) groups is 1. The van der Waals surface area contributed by atoms with Gasteiger partial charge in [0.2, 0.25) is 17.5 Å². The van der Waals surface area contributed by atoms with Crippen molar-refractivity contribution in [2.45, 2.75) is 19.9 Å². The molecule has 0 spiro atoms. The van der Waals surface area contributed by atoms with E-state index in [1.165, 1.54) is 6.92 Å². The van der Waals surface area contributed by atoms with Gasteiger partial charge in [-0.05, 0) is 13.8 Å². The molecule has 0 bridgehead atoms. The molecule has 1 heterocycles. The Morgan fingerprint density at radius 2 is 1.72 bits per heavy atom. The van der Waals surface area contributed by atoms with Crippen LogP contribution in [-0.4, -0.2) is 23.5 Å². The summed E-state index contributed by atoms with van der Waals surface area (Å²) < 4.78 is 52.0. The van der Waals surface area contributed by atoms with E-state index in [-0.39, 0.29) is 0 Å². The lowest BCUT2D eigenvalue weighted by molar-refractivity contribution is -0.121. The van der Waals surface area contributed by atoms with Gasteiger partial charge in [0.15, 0.2) is 0 Å². The highest BCUT2D eigenvalue weighted by molar-refractivity contribution is 5.84. The van der Waals surface area contributed by atoms with Crippen LogP contribution in [-0.2, 0) is 4.79 Å². The predicted molar refractivity (Wildman–Crippen MR) is 55.8 cm³/mol. The van der Waals surface area contributed by atoms with E-state index >= 15 is 0 Å². The summed E-state index contributed by atoms with van der Waals surface area (Å²) in [6, 6.07) is -1.06. The Hall–Kier alpha value is -1.86. The minimum atomic E-state index is -1.78. The summed E-state index contributed by atoms with van der Waals surface area (Å²) in [6.45, 7) is 3.26. The lowest BCUT2D eigenvalue weighted by Gasteiger charge is -2.15. The fraction of sp³-hybridized carbons (Fsp3) is 0.400. The molecule has 1 aromatic heterocycles. The fourth-order valence-electron chi connectivity index (χ4n) is 1.22. The van der Waals surface area contributed by atoms with Gasteiger partial charge in [-0.1, -0.05) is 0 Å². The molecule has 0 saturated heterocycles. The summed E-state index contributed by atoms with van der Waals surface area (Å²) >= 11 is 0. The normalized spacial score (nSPS) is 12.1. The molecule has 1 amide bonds. The average Bonchev–Trinajstić information content (AvgIpc) is 2.32. The van der Waals surface area contributed by atoms with Crippen molar-refractivity contribution in [1.82, 2.24) is 10.3 Å². The van der Waals surface area contributed by atoms with Crippen LogP contribution in [0, 0.1) is 23.5 Å². The van der Waals surface area contributed by atoms with Crippen LogP contribution < -0.4 is 10.6 Å². The van der Waals surface area contributed by atoms with Gasteiger partial charge in [-0.25, -0.2) is 0 Å². The van der Waals surface area contributed by atoms with E-state index in [2.05, 4.69) is 15.6 Å². The molecule has 0 radical (unpaired) electrons. The number of nitrogens with one attached hydrogen (secondary N) is 2. The number of pyridine rings is 1. The van der Waals surface area contributed by atoms with Crippen molar-refractivity contribution in [3.63, 3.8) is 0 Å². The summed E-state index contributed by atoms with van der Waals surface area (Å²) in [5, 5.41) is 4.45. The maximum Gasteiger partial charge on any atom is 0.253 e. The molecule has 0 fully saturated rings. The summed E-state index contributed by atoms with van der Waals surface area (Å²) in [5.41, 5.74) is -1.06. The summed E-state index contributed by atoms with van der Waals surface area (Å²) in [5.74, 6) is -7.47. The van der Waals surface area contributed by atoms with Crippen molar-refractivity contribution in [3.05, 3.63) is 23.5 Å². The molecule has 0 aliphatic rings. The predicted octanol–water partition coefficient (Wildman–Crippen LogP) is 1.57. The molecule has 2 N–H and O–H groups in total. The molecule has 0 aromatic carbocycles. The summed E-state index contributed by atoms with van der Waals surface area (Å²) in [6.07, 6.45) is 0. The Morgan fingerprint density at radius 3 is 2.17 bits per heavy atom. The van der Waals surface area contributed by atoms with Crippen LogP contribution in [0.3, 0.4) is 0 Å². The zero-order chi connectivity index (χ0) is 13.9. The molecule has 1 unspecified atom stereocenters. The molecular weight excluding hydrogens is 254 g/mol. The Morgan fingerprint density at radius 1 is 1.22 bits per heavy atom. The summed E-state index contributed by atoms with van der Waals surface area (Å²) in [7, 11) is 0. The molecule has 1 rings (SSSR count). The first kappa shape index (κ1) is 14.2. The number of amides is 1. The number of likely N-dealkylation sites (N-methyl/N-ethyl adjacent to an activating group) is 1. The van der Waals surface area contributed by atoms with Crippen LogP contribution in [0.15, 0.2) is 0 Å². The highest BCUT2D eigenvalue weighted by Gasteiger charge is 2.23. The van der Waals surface area contributed by atoms with Crippen LogP contribution in [0.2, 0.25) is 0 Å². The highest BCUT2D eigenvalue weighted by atomic mass is 19.2. The van der Waals surface area contributed by atoms with E-state index in [4.69, 9.17) is 0 Å². The molecule has 0 aliphatic carbocycles. The van der Waals surface area contributed by atoms with E-state index in [0.29, 0.717) is 6.54 Å². The van der Waals surface area contributed by atoms with Crippen molar-refractivity contribution >= 4 is 11.6 Å². The number of nitrogens with zero attached hydrogens (tertiary/aromatic N) is 1. The first-order valence-electron chi connectivity index (χ1n) is 5.12. The van der Waals surface area contributed by atoms with E-state index in [1.807, 2.05) is 0 Å². The SMILES string of the molecule is CCNC(=O)C(C)Nc1c(F)c(F)nc(F)c1F. The zero-order valence-corrected chi connectivity index (χ0v) is 9.65. The Bertz CT molecular complexity index is 441. The zero-order valence-electron chi connectivity index (χ0n) is 9.65. The van der Waals surface area contributed by atoms with Gasteiger partial charge < -0.3 is 10.6 Å². The van der Waals surface area contributed by atoms with Gasteiger partial charge in [0.1, 0.15) is 11.7 Å². The van der Waals surface area contributed by atoms with Gasteiger partial charge >= 0.3 is 0 Å². The first-order valence-corrected chi connectivity index (χ1v) is 5.12. The maximum absolute atomic E-state index is 13.2. The van der Waals surface area contributed by atoms with Crippen LogP contribution in [0.1, 0.15) is 13.8 Å². The maximum atomic E-state index is 13.2. The molecular formula is C10H11F4N3O. The third-order valence-electron chi connectivity index (χ3n) is 2.10. The lowest BCUT2D eigenvalue weighted by Crippen LogP contribution is -2.38. The smallest absolute Gasteiger partial charge is 0.253 e. The minimum absolute atomic E-state index is 0.314. The Balaban J connectivity index is 3.00. The number of aromatic nitrogens is 1. The first-order chi connectivity index (χ1) is 8.38.